The normalized spacial score (nSPS) is 10.5. The van der Waals surface area contributed by atoms with E-state index in [-0.39, 0.29) is 5.75 Å². The van der Waals surface area contributed by atoms with Crippen molar-refractivity contribution in [2.75, 3.05) is 0 Å². The number of hydrogen-bond acceptors (Lipinski definition) is 2. The Hall–Kier alpha value is -3.52. The number of phenols is 1. The van der Waals surface area contributed by atoms with Gasteiger partial charge in [-0.1, -0.05) is 84.9 Å². The molecule has 1 N–H and O–H groups in total. The van der Waals surface area contributed by atoms with E-state index in [0.717, 1.165) is 22.4 Å². The minimum absolute atomic E-state index is 0.200. The van der Waals surface area contributed by atoms with Crippen molar-refractivity contribution < 1.29 is 9.84 Å². The highest BCUT2D eigenvalue weighted by Gasteiger charge is 2.14. The summed E-state index contributed by atoms with van der Waals surface area (Å²) < 4.78 is 6.27. The lowest BCUT2D eigenvalue weighted by Gasteiger charge is -2.15. The summed E-state index contributed by atoms with van der Waals surface area (Å²) in [6.45, 7) is 0. The Bertz CT molecular complexity index is 1010. The lowest BCUT2D eigenvalue weighted by molar-refractivity contribution is 0.459. The molecule has 4 aromatic carbocycles. The summed E-state index contributed by atoms with van der Waals surface area (Å²) in [6.07, 6.45) is 0. The van der Waals surface area contributed by atoms with Crippen molar-refractivity contribution in [2.24, 2.45) is 0 Å². The first-order chi connectivity index (χ1) is 12.8. The zero-order valence-electron chi connectivity index (χ0n) is 14.2. The molecule has 2 heteroatoms. The highest BCUT2D eigenvalue weighted by atomic mass is 16.5. The molecule has 0 heterocycles. The molecule has 0 saturated carbocycles. The zero-order chi connectivity index (χ0) is 17.8. The van der Waals surface area contributed by atoms with Gasteiger partial charge in [0.2, 0.25) is 0 Å². The molecule has 0 aliphatic rings. The van der Waals surface area contributed by atoms with Crippen LogP contribution in [0.1, 0.15) is 0 Å². The topological polar surface area (TPSA) is 29.5 Å². The summed E-state index contributed by atoms with van der Waals surface area (Å²) >= 11 is 0. The van der Waals surface area contributed by atoms with Crippen LogP contribution in [0.15, 0.2) is 103 Å². The fourth-order valence-corrected chi connectivity index (χ4v) is 3.03. The van der Waals surface area contributed by atoms with Gasteiger partial charge in [0.1, 0.15) is 17.2 Å². The Labute approximate surface area is 153 Å². The van der Waals surface area contributed by atoms with Gasteiger partial charge in [0.05, 0.1) is 5.56 Å². The summed E-state index contributed by atoms with van der Waals surface area (Å²) in [5.41, 5.74) is 3.70. The summed E-state index contributed by atoms with van der Waals surface area (Å²) in [5.74, 6) is 1.58. The highest BCUT2D eigenvalue weighted by Crippen LogP contribution is 2.41. The average Bonchev–Trinajstić information content (AvgIpc) is 2.70. The molecule has 0 spiro atoms. The van der Waals surface area contributed by atoms with Crippen LogP contribution in [0.5, 0.6) is 17.2 Å². The Morgan fingerprint density at radius 3 is 1.81 bits per heavy atom. The lowest BCUT2D eigenvalue weighted by atomic mass is 10.0. The molecule has 4 aromatic rings. The first-order valence-electron chi connectivity index (χ1n) is 8.52. The van der Waals surface area contributed by atoms with Crippen molar-refractivity contribution in [2.45, 2.75) is 0 Å². The first-order valence-corrected chi connectivity index (χ1v) is 8.52. The van der Waals surface area contributed by atoms with Crippen LogP contribution in [0.4, 0.5) is 0 Å². The molecule has 0 bridgehead atoms. The molecule has 0 aliphatic carbocycles. The highest BCUT2D eigenvalue weighted by molar-refractivity contribution is 5.78. The Morgan fingerprint density at radius 2 is 1.08 bits per heavy atom. The van der Waals surface area contributed by atoms with Gasteiger partial charge in [0.15, 0.2) is 0 Å². The van der Waals surface area contributed by atoms with Gasteiger partial charge in [0, 0.05) is 5.56 Å². The molecular weight excluding hydrogens is 320 g/mol. The molecule has 0 radical (unpaired) electrons. The first kappa shape index (κ1) is 16.0. The van der Waals surface area contributed by atoms with E-state index in [1.807, 2.05) is 78.9 Å². The summed E-state index contributed by atoms with van der Waals surface area (Å²) in [5, 5.41) is 10.4. The van der Waals surface area contributed by atoms with Crippen molar-refractivity contribution in [3.8, 4) is 39.5 Å². The van der Waals surface area contributed by atoms with E-state index in [4.69, 9.17) is 4.74 Å². The standard InChI is InChI=1S/C24H18O2/c25-21-15-9-17-23(24(21)19-12-5-2-6-13-19)26-22-16-8-7-14-20(22)18-10-3-1-4-11-18/h1-17,25H. The molecule has 126 valence electrons. The number of phenolic OH excluding ortho intramolecular Hbond substituents is 1. The zero-order valence-corrected chi connectivity index (χ0v) is 14.2. The summed E-state index contributed by atoms with van der Waals surface area (Å²) in [7, 11) is 0. The van der Waals surface area contributed by atoms with Crippen LogP contribution >= 0.6 is 0 Å². The van der Waals surface area contributed by atoms with Gasteiger partial charge in [-0.05, 0) is 29.3 Å². The van der Waals surface area contributed by atoms with Crippen LogP contribution < -0.4 is 4.74 Å². The lowest BCUT2D eigenvalue weighted by Crippen LogP contribution is -1.91. The van der Waals surface area contributed by atoms with Gasteiger partial charge >= 0.3 is 0 Å². The predicted octanol–water partition coefficient (Wildman–Crippen LogP) is 6.52. The Kier molecular flexibility index (Phi) is 4.40. The average molecular weight is 338 g/mol. The third-order valence-corrected chi connectivity index (χ3v) is 4.26. The molecule has 0 unspecified atom stereocenters. The van der Waals surface area contributed by atoms with Crippen LogP contribution in [0.25, 0.3) is 22.3 Å². The third kappa shape index (κ3) is 3.17. The van der Waals surface area contributed by atoms with E-state index >= 15 is 0 Å². The van der Waals surface area contributed by atoms with Gasteiger partial charge in [-0.25, -0.2) is 0 Å². The van der Waals surface area contributed by atoms with E-state index in [1.54, 1.807) is 12.1 Å². The molecule has 0 aromatic heterocycles. The van der Waals surface area contributed by atoms with E-state index < -0.39 is 0 Å². The second-order valence-electron chi connectivity index (χ2n) is 5.98. The number of benzene rings is 4. The number of para-hydroxylation sites is 1. The second-order valence-corrected chi connectivity index (χ2v) is 5.98. The van der Waals surface area contributed by atoms with E-state index in [0.29, 0.717) is 11.3 Å². The minimum atomic E-state index is 0.200. The van der Waals surface area contributed by atoms with E-state index in [9.17, 15) is 5.11 Å². The predicted molar refractivity (Wildman–Crippen MR) is 105 cm³/mol. The Morgan fingerprint density at radius 1 is 0.500 bits per heavy atom. The van der Waals surface area contributed by atoms with Crippen molar-refractivity contribution >= 4 is 0 Å². The molecule has 0 atom stereocenters. The fourth-order valence-electron chi connectivity index (χ4n) is 3.03. The molecule has 0 fully saturated rings. The minimum Gasteiger partial charge on any atom is -0.507 e. The molecule has 0 amide bonds. The van der Waals surface area contributed by atoms with Crippen LogP contribution in [-0.2, 0) is 0 Å². The summed E-state index contributed by atoms with van der Waals surface area (Å²) in [6, 6.07) is 33.2. The summed E-state index contributed by atoms with van der Waals surface area (Å²) in [4.78, 5) is 0. The van der Waals surface area contributed by atoms with Gasteiger partial charge in [-0.15, -0.1) is 0 Å². The molecule has 26 heavy (non-hydrogen) atoms. The van der Waals surface area contributed by atoms with Gasteiger partial charge in [0.25, 0.3) is 0 Å². The monoisotopic (exact) mass is 338 g/mol. The molecule has 2 nitrogen and oxygen atoms in total. The molecule has 0 saturated heterocycles. The van der Waals surface area contributed by atoms with Crippen molar-refractivity contribution in [3.63, 3.8) is 0 Å². The third-order valence-electron chi connectivity index (χ3n) is 4.26. The SMILES string of the molecule is Oc1cccc(Oc2ccccc2-c2ccccc2)c1-c1ccccc1. The van der Waals surface area contributed by atoms with Gasteiger partial charge in [-0.2, -0.15) is 0 Å². The van der Waals surface area contributed by atoms with Crippen LogP contribution in [-0.4, -0.2) is 5.11 Å². The van der Waals surface area contributed by atoms with E-state index in [2.05, 4.69) is 12.1 Å². The van der Waals surface area contributed by atoms with Crippen molar-refractivity contribution in [3.05, 3.63) is 103 Å². The maximum absolute atomic E-state index is 10.4. The molecule has 0 aliphatic heterocycles. The molecule has 4 rings (SSSR count). The van der Waals surface area contributed by atoms with Gasteiger partial charge in [-0.3, -0.25) is 0 Å². The number of aromatic hydroxyl groups is 1. The number of hydrogen-bond donors (Lipinski definition) is 1. The maximum atomic E-state index is 10.4. The van der Waals surface area contributed by atoms with Crippen LogP contribution in [0.3, 0.4) is 0 Å². The Balaban J connectivity index is 1.80. The quantitative estimate of drug-likeness (QED) is 0.459. The smallest absolute Gasteiger partial charge is 0.139 e. The van der Waals surface area contributed by atoms with Crippen molar-refractivity contribution in [1.29, 1.82) is 0 Å². The van der Waals surface area contributed by atoms with Crippen LogP contribution in [0.2, 0.25) is 0 Å². The maximum Gasteiger partial charge on any atom is 0.139 e. The van der Waals surface area contributed by atoms with Gasteiger partial charge < -0.3 is 9.84 Å². The van der Waals surface area contributed by atoms with Crippen LogP contribution in [0, 0.1) is 0 Å². The number of rotatable bonds is 4. The molecular formula is C24H18O2. The fraction of sp³-hybridized carbons (Fsp3) is 0. The van der Waals surface area contributed by atoms with E-state index in [1.165, 1.54) is 0 Å². The number of ether oxygens (including phenoxy) is 1. The second kappa shape index (κ2) is 7.16. The van der Waals surface area contributed by atoms with Crippen molar-refractivity contribution in [1.82, 2.24) is 0 Å². The largest absolute Gasteiger partial charge is 0.507 e.